The average Bonchev–Trinajstić information content (AvgIpc) is 2.92. The highest BCUT2D eigenvalue weighted by Crippen LogP contribution is 2.30. The van der Waals surface area contributed by atoms with E-state index < -0.39 is 28.5 Å². The Bertz CT molecular complexity index is 1410. The molecule has 208 valence electrons. The smallest absolute Gasteiger partial charge is 0.264 e. The Morgan fingerprint density at radius 2 is 1.56 bits per heavy atom. The van der Waals surface area contributed by atoms with Crippen molar-refractivity contribution >= 4 is 39.1 Å². The Kier molecular flexibility index (Phi) is 10.2. The second-order valence-electron chi connectivity index (χ2n) is 9.70. The minimum Gasteiger partial charge on any atom is -0.352 e. The van der Waals surface area contributed by atoms with Crippen LogP contribution >= 0.6 is 11.6 Å². The van der Waals surface area contributed by atoms with Crippen LogP contribution in [-0.4, -0.2) is 43.8 Å². The van der Waals surface area contributed by atoms with Gasteiger partial charge in [-0.25, -0.2) is 8.42 Å². The molecule has 0 bridgehead atoms. The summed E-state index contributed by atoms with van der Waals surface area (Å²) in [7, 11) is -4.15. The lowest BCUT2D eigenvalue weighted by Crippen LogP contribution is -2.52. The molecule has 0 aliphatic carbocycles. The molecular formula is C30H36ClN3O4S. The maximum Gasteiger partial charge on any atom is 0.264 e. The van der Waals surface area contributed by atoms with E-state index in [2.05, 4.69) is 5.32 Å². The standard InChI is InChI=1S/C30H36ClN3O4S/c1-6-23(4)32-30(36)24(5)33(19-25-13-11-10-12-21(25)2)29(35)20-34(28-18-26(31)17-16-22(28)3)39(37,38)27-14-8-7-9-15-27/h7-18,23-24H,6,19-20H2,1-5H3,(H,32,36)/t23-,24-/m0/s1. The molecule has 0 aliphatic rings. The molecule has 0 fully saturated rings. The predicted molar refractivity (Wildman–Crippen MR) is 156 cm³/mol. The van der Waals surface area contributed by atoms with Crippen LogP contribution in [0.3, 0.4) is 0 Å². The molecule has 0 saturated heterocycles. The number of aryl methyl sites for hydroxylation is 2. The lowest BCUT2D eigenvalue weighted by Gasteiger charge is -2.33. The van der Waals surface area contributed by atoms with Gasteiger partial charge >= 0.3 is 0 Å². The zero-order valence-electron chi connectivity index (χ0n) is 23.0. The molecule has 9 heteroatoms. The van der Waals surface area contributed by atoms with Gasteiger partial charge in [0.15, 0.2) is 0 Å². The highest BCUT2D eigenvalue weighted by Gasteiger charge is 2.33. The van der Waals surface area contributed by atoms with Gasteiger partial charge in [0, 0.05) is 17.6 Å². The maximum atomic E-state index is 14.0. The fraction of sp³-hybridized carbons (Fsp3) is 0.333. The molecule has 0 saturated carbocycles. The second-order valence-corrected chi connectivity index (χ2v) is 12.0. The van der Waals surface area contributed by atoms with Gasteiger partial charge in [-0.05, 0) is 75.1 Å². The van der Waals surface area contributed by atoms with Gasteiger partial charge in [0.25, 0.3) is 10.0 Å². The summed E-state index contributed by atoms with van der Waals surface area (Å²) in [6.07, 6.45) is 0.737. The average molecular weight is 570 g/mol. The van der Waals surface area contributed by atoms with E-state index in [-0.39, 0.29) is 23.4 Å². The Balaban J connectivity index is 2.07. The summed E-state index contributed by atoms with van der Waals surface area (Å²) >= 11 is 6.27. The van der Waals surface area contributed by atoms with Gasteiger partial charge < -0.3 is 10.2 Å². The Hall–Kier alpha value is -3.36. The van der Waals surface area contributed by atoms with Crippen LogP contribution in [0, 0.1) is 13.8 Å². The second kappa shape index (κ2) is 13.1. The number of carbonyl (C=O) groups is 2. The number of sulfonamides is 1. The number of carbonyl (C=O) groups excluding carboxylic acids is 2. The molecule has 0 spiro atoms. The van der Waals surface area contributed by atoms with Crippen LogP contribution in [0.1, 0.15) is 43.9 Å². The zero-order chi connectivity index (χ0) is 28.7. The van der Waals surface area contributed by atoms with Gasteiger partial charge in [0.2, 0.25) is 11.8 Å². The molecule has 0 unspecified atom stereocenters. The first kappa shape index (κ1) is 30.2. The summed E-state index contributed by atoms with van der Waals surface area (Å²) in [4.78, 5) is 28.7. The van der Waals surface area contributed by atoms with E-state index in [1.807, 2.05) is 45.0 Å². The topological polar surface area (TPSA) is 86.8 Å². The Labute approximate surface area is 236 Å². The van der Waals surface area contributed by atoms with Gasteiger partial charge in [0.05, 0.1) is 10.6 Å². The molecule has 7 nitrogen and oxygen atoms in total. The predicted octanol–water partition coefficient (Wildman–Crippen LogP) is 5.48. The van der Waals surface area contributed by atoms with Gasteiger partial charge in [-0.1, -0.05) is 67.1 Å². The molecule has 0 aromatic heterocycles. The van der Waals surface area contributed by atoms with Crippen LogP contribution in [0.2, 0.25) is 5.02 Å². The molecule has 0 aliphatic heterocycles. The van der Waals surface area contributed by atoms with Crippen LogP contribution in [-0.2, 0) is 26.2 Å². The van der Waals surface area contributed by atoms with Crippen molar-refractivity contribution in [1.29, 1.82) is 0 Å². The zero-order valence-corrected chi connectivity index (χ0v) is 24.6. The molecule has 2 amide bonds. The fourth-order valence-electron chi connectivity index (χ4n) is 4.10. The minimum atomic E-state index is -4.15. The van der Waals surface area contributed by atoms with E-state index in [1.165, 1.54) is 23.1 Å². The number of rotatable bonds is 11. The van der Waals surface area contributed by atoms with Gasteiger partial charge in [0.1, 0.15) is 12.6 Å². The van der Waals surface area contributed by atoms with E-state index in [4.69, 9.17) is 11.6 Å². The first-order valence-corrected chi connectivity index (χ1v) is 14.8. The lowest BCUT2D eigenvalue weighted by molar-refractivity contribution is -0.139. The summed E-state index contributed by atoms with van der Waals surface area (Å²) < 4.78 is 28.9. The van der Waals surface area contributed by atoms with Crippen molar-refractivity contribution in [2.45, 2.75) is 64.6 Å². The lowest BCUT2D eigenvalue weighted by atomic mass is 10.1. The van der Waals surface area contributed by atoms with Crippen molar-refractivity contribution in [3.8, 4) is 0 Å². The van der Waals surface area contributed by atoms with Gasteiger partial charge in [-0.3, -0.25) is 13.9 Å². The van der Waals surface area contributed by atoms with Crippen molar-refractivity contribution in [2.75, 3.05) is 10.8 Å². The van der Waals surface area contributed by atoms with E-state index in [1.54, 1.807) is 44.2 Å². The van der Waals surface area contributed by atoms with Crippen LogP contribution < -0.4 is 9.62 Å². The van der Waals surface area contributed by atoms with Crippen molar-refractivity contribution in [3.63, 3.8) is 0 Å². The molecular weight excluding hydrogens is 534 g/mol. The highest BCUT2D eigenvalue weighted by atomic mass is 35.5. The number of anilines is 1. The third-order valence-electron chi connectivity index (χ3n) is 6.82. The molecule has 3 aromatic carbocycles. The molecule has 2 atom stereocenters. The first-order valence-electron chi connectivity index (χ1n) is 12.9. The summed E-state index contributed by atoms with van der Waals surface area (Å²) in [5, 5.41) is 3.28. The number of nitrogens with zero attached hydrogens (tertiary/aromatic N) is 2. The van der Waals surface area contributed by atoms with Crippen molar-refractivity contribution in [1.82, 2.24) is 10.2 Å². The number of benzene rings is 3. The summed E-state index contributed by atoms with van der Waals surface area (Å²) in [5.41, 5.74) is 2.77. The van der Waals surface area contributed by atoms with Gasteiger partial charge in [-0.15, -0.1) is 0 Å². The molecule has 1 N–H and O–H groups in total. The minimum absolute atomic E-state index is 0.0465. The number of hydrogen-bond donors (Lipinski definition) is 1. The Morgan fingerprint density at radius 3 is 2.21 bits per heavy atom. The molecule has 3 rings (SSSR count). The van der Waals surface area contributed by atoms with Crippen LogP contribution in [0.5, 0.6) is 0 Å². The molecule has 0 radical (unpaired) electrons. The highest BCUT2D eigenvalue weighted by molar-refractivity contribution is 7.92. The summed E-state index contributed by atoms with van der Waals surface area (Å²) in [5.74, 6) is -0.813. The van der Waals surface area contributed by atoms with E-state index in [9.17, 15) is 18.0 Å². The van der Waals surface area contributed by atoms with Crippen molar-refractivity contribution < 1.29 is 18.0 Å². The quantitative estimate of drug-likeness (QED) is 0.331. The van der Waals surface area contributed by atoms with E-state index in [0.717, 1.165) is 21.9 Å². The first-order chi connectivity index (χ1) is 18.4. The normalized spacial score (nSPS) is 12.9. The summed E-state index contributed by atoms with van der Waals surface area (Å²) in [6.45, 7) is 8.86. The van der Waals surface area contributed by atoms with E-state index in [0.29, 0.717) is 16.3 Å². The third kappa shape index (κ3) is 7.40. The number of nitrogens with one attached hydrogen (secondary N) is 1. The van der Waals surface area contributed by atoms with E-state index >= 15 is 0 Å². The maximum absolute atomic E-state index is 14.0. The fourth-order valence-corrected chi connectivity index (χ4v) is 5.76. The molecule has 39 heavy (non-hydrogen) atoms. The Morgan fingerprint density at radius 1 is 0.923 bits per heavy atom. The molecule has 3 aromatic rings. The van der Waals surface area contributed by atoms with Gasteiger partial charge in [-0.2, -0.15) is 0 Å². The number of amides is 2. The van der Waals surface area contributed by atoms with Crippen LogP contribution in [0.4, 0.5) is 5.69 Å². The third-order valence-corrected chi connectivity index (χ3v) is 8.83. The number of halogens is 1. The largest absolute Gasteiger partial charge is 0.352 e. The SMILES string of the molecule is CC[C@H](C)NC(=O)[C@H](C)N(Cc1ccccc1C)C(=O)CN(c1cc(Cl)ccc1C)S(=O)(=O)c1ccccc1. The summed E-state index contributed by atoms with van der Waals surface area (Å²) in [6, 6.07) is 19.6. The molecule has 0 heterocycles. The van der Waals surface area contributed by atoms with Crippen molar-refractivity contribution in [3.05, 3.63) is 94.5 Å². The number of hydrogen-bond acceptors (Lipinski definition) is 4. The monoisotopic (exact) mass is 569 g/mol. The van der Waals surface area contributed by atoms with Crippen LogP contribution in [0.15, 0.2) is 77.7 Å². The van der Waals surface area contributed by atoms with Crippen molar-refractivity contribution in [2.24, 2.45) is 0 Å². The van der Waals surface area contributed by atoms with Crippen LogP contribution in [0.25, 0.3) is 0 Å².